The summed E-state index contributed by atoms with van der Waals surface area (Å²) < 4.78 is 33.3. The minimum atomic E-state index is -3.70. The Morgan fingerprint density at radius 3 is 2.45 bits per heavy atom. The summed E-state index contributed by atoms with van der Waals surface area (Å²) in [5.74, 6) is -0.134. The van der Waals surface area contributed by atoms with Crippen LogP contribution in [-0.2, 0) is 19.6 Å². The van der Waals surface area contributed by atoms with Crippen LogP contribution in [0, 0.1) is 0 Å². The summed E-state index contributed by atoms with van der Waals surface area (Å²) >= 11 is 3.31. The van der Waals surface area contributed by atoms with Gasteiger partial charge in [-0.1, -0.05) is 15.9 Å². The number of hydrogen-bond donors (Lipinski definition) is 0. The molecular formula is C20H30BrN3O4S. The lowest BCUT2D eigenvalue weighted by Crippen LogP contribution is -2.52. The highest BCUT2D eigenvalue weighted by Gasteiger charge is 2.34. The molecule has 9 heteroatoms. The van der Waals surface area contributed by atoms with Crippen LogP contribution in [-0.4, -0.2) is 86.5 Å². The Labute approximate surface area is 182 Å². The zero-order valence-electron chi connectivity index (χ0n) is 17.3. The van der Waals surface area contributed by atoms with Crippen LogP contribution in [0.3, 0.4) is 0 Å². The molecule has 0 radical (unpaired) electrons. The minimum Gasteiger partial charge on any atom is -0.373 e. The molecule has 2 aliphatic rings. The van der Waals surface area contributed by atoms with Gasteiger partial charge in [-0.2, -0.15) is 4.31 Å². The Morgan fingerprint density at radius 2 is 1.83 bits per heavy atom. The van der Waals surface area contributed by atoms with Crippen LogP contribution in [0.2, 0.25) is 0 Å². The molecule has 0 N–H and O–H groups in total. The zero-order chi connectivity index (χ0) is 21.2. The van der Waals surface area contributed by atoms with Crippen molar-refractivity contribution in [2.75, 3.05) is 39.8 Å². The standard InChI is InChI=1S/C20H30BrN3O4S/c1-15-11-23(12-16(2)28-15)13-18-5-4-10-24(18)20(25)14-22(3)29(26,27)19-8-6-17(21)7-9-19/h6-9,15-16,18H,4-5,10-14H2,1-3H3. The maximum atomic E-state index is 12.9. The normalized spacial score (nSPS) is 26.2. The molecule has 3 unspecified atom stereocenters. The van der Waals surface area contributed by atoms with Gasteiger partial charge in [-0.25, -0.2) is 8.42 Å². The fourth-order valence-corrected chi connectivity index (χ4v) is 5.62. The smallest absolute Gasteiger partial charge is 0.243 e. The number of ether oxygens (including phenoxy) is 1. The van der Waals surface area contributed by atoms with E-state index in [9.17, 15) is 13.2 Å². The second-order valence-electron chi connectivity index (χ2n) is 8.07. The summed E-state index contributed by atoms with van der Waals surface area (Å²) in [4.78, 5) is 17.3. The van der Waals surface area contributed by atoms with Crippen molar-refractivity contribution in [3.05, 3.63) is 28.7 Å². The highest BCUT2D eigenvalue weighted by Crippen LogP contribution is 2.22. The molecule has 2 saturated heterocycles. The highest BCUT2D eigenvalue weighted by molar-refractivity contribution is 9.10. The van der Waals surface area contributed by atoms with Crippen molar-refractivity contribution >= 4 is 31.9 Å². The van der Waals surface area contributed by atoms with Crippen molar-refractivity contribution in [3.63, 3.8) is 0 Å². The fourth-order valence-electron chi connectivity index (χ4n) is 4.24. The minimum absolute atomic E-state index is 0.129. The Morgan fingerprint density at radius 1 is 1.21 bits per heavy atom. The summed E-state index contributed by atoms with van der Waals surface area (Å²) in [6, 6.07) is 6.58. The highest BCUT2D eigenvalue weighted by atomic mass is 79.9. The van der Waals surface area contributed by atoms with Crippen molar-refractivity contribution in [2.24, 2.45) is 0 Å². The average molecular weight is 488 g/mol. The molecule has 2 heterocycles. The van der Waals surface area contributed by atoms with E-state index in [0.29, 0.717) is 6.54 Å². The van der Waals surface area contributed by atoms with Crippen LogP contribution in [0.1, 0.15) is 26.7 Å². The van der Waals surface area contributed by atoms with Gasteiger partial charge in [-0.3, -0.25) is 9.69 Å². The molecule has 1 amide bonds. The maximum Gasteiger partial charge on any atom is 0.243 e. The van der Waals surface area contributed by atoms with Gasteiger partial charge in [0.15, 0.2) is 0 Å². The zero-order valence-corrected chi connectivity index (χ0v) is 19.7. The second kappa shape index (κ2) is 9.43. The van der Waals surface area contributed by atoms with Gasteiger partial charge in [0, 0.05) is 43.7 Å². The molecule has 3 rings (SSSR count). The number of benzene rings is 1. The Bertz CT molecular complexity index is 808. The molecule has 0 spiro atoms. The number of carbonyl (C=O) groups is 1. The molecule has 7 nitrogen and oxygen atoms in total. The predicted molar refractivity (Wildman–Crippen MR) is 115 cm³/mol. The molecule has 29 heavy (non-hydrogen) atoms. The molecule has 2 fully saturated rings. The lowest BCUT2D eigenvalue weighted by molar-refractivity contribution is -0.133. The Kier molecular flexibility index (Phi) is 7.37. The molecule has 0 saturated carbocycles. The number of nitrogens with zero attached hydrogens (tertiary/aromatic N) is 3. The Hall–Kier alpha value is -1.00. The molecule has 1 aromatic carbocycles. The summed E-state index contributed by atoms with van der Waals surface area (Å²) in [5, 5.41) is 0. The summed E-state index contributed by atoms with van der Waals surface area (Å²) in [7, 11) is -2.24. The third-order valence-corrected chi connectivity index (χ3v) is 7.89. The first-order valence-electron chi connectivity index (χ1n) is 10.1. The SMILES string of the molecule is CC1CN(CC2CCCN2C(=O)CN(C)S(=O)(=O)c2ccc(Br)cc2)CC(C)O1. The summed E-state index contributed by atoms with van der Waals surface area (Å²) in [5.41, 5.74) is 0. The van der Waals surface area contributed by atoms with Crippen molar-refractivity contribution in [1.82, 2.24) is 14.1 Å². The molecular weight excluding hydrogens is 458 g/mol. The van der Waals surface area contributed by atoms with Crippen LogP contribution in [0.15, 0.2) is 33.6 Å². The fraction of sp³-hybridized carbons (Fsp3) is 0.650. The number of halogens is 1. The first kappa shape index (κ1) is 22.7. The lowest BCUT2D eigenvalue weighted by atomic mass is 10.1. The van der Waals surface area contributed by atoms with Gasteiger partial charge in [0.2, 0.25) is 15.9 Å². The van der Waals surface area contributed by atoms with E-state index in [1.54, 1.807) is 24.3 Å². The van der Waals surface area contributed by atoms with Gasteiger partial charge >= 0.3 is 0 Å². The molecule has 162 valence electrons. The third kappa shape index (κ3) is 5.58. The maximum absolute atomic E-state index is 12.9. The number of likely N-dealkylation sites (tertiary alicyclic amines) is 1. The first-order chi connectivity index (χ1) is 13.7. The van der Waals surface area contributed by atoms with Crippen LogP contribution in [0.4, 0.5) is 0 Å². The van der Waals surface area contributed by atoms with Gasteiger partial charge in [0.25, 0.3) is 0 Å². The van der Waals surface area contributed by atoms with Crippen LogP contribution in [0.5, 0.6) is 0 Å². The number of carbonyl (C=O) groups excluding carboxylic acids is 1. The van der Waals surface area contributed by atoms with Crippen molar-refractivity contribution in [3.8, 4) is 0 Å². The van der Waals surface area contributed by atoms with E-state index >= 15 is 0 Å². The number of amides is 1. The predicted octanol–water partition coefficient (Wildman–Crippen LogP) is 2.17. The number of likely N-dealkylation sites (N-methyl/N-ethyl adjacent to an activating group) is 1. The van der Waals surface area contributed by atoms with Gasteiger partial charge < -0.3 is 9.64 Å². The molecule has 0 aliphatic carbocycles. The lowest BCUT2D eigenvalue weighted by Gasteiger charge is -2.38. The van der Waals surface area contributed by atoms with E-state index in [1.165, 1.54) is 7.05 Å². The van der Waals surface area contributed by atoms with Crippen LogP contribution in [0.25, 0.3) is 0 Å². The van der Waals surface area contributed by atoms with Crippen LogP contribution < -0.4 is 0 Å². The number of sulfonamides is 1. The van der Waals surface area contributed by atoms with Gasteiger partial charge in [-0.05, 0) is 51.0 Å². The largest absolute Gasteiger partial charge is 0.373 e. The summed E-state index contributed by atoms with van der Waals surface area (Å²) in [6.07, 6.45) is 2.28. The average Bonchev–Trinajstić information content (AvgIpc) is 3.09. The van der Waals surface area contributed by atoms with E-state index in [0.717, 1.165) is 41.3 Å². The first-order valence-corrected chi connectivity index (χ1v) is 12.3. The molecule has 2 aliphatic heterocycles. The number of rotatable bonds is 6. The van der Waals surface area contributed by atoms with E-state index < -0.39 is 10.0 Å². The van der Waals surface area contributed by atoms with Crippen molar-refractivity contribution in [1.29, 1.82) is 0 Å². The molecule has 0 aromatic heterocycles. The molecule has 1 aromatic rings. The topological polar surface area (TPSA) is 70.2 Å². The van der Waals surface area contributed by atoms with Gasteiger partial charge in [0.05, 0.1) is 23.6 Å². The van der Waals surface area contributed by atoms with Crippen LogP contribution >= 0.6 is 15.9 Å². The summed E-state index contributed by atoms with van der Waals surface area (Å²) in [6.45, 7) is 7.22. The van der Waals surface area contributed by atoms with Gasteiger partial charge in [-0.15, -0.1) is 0 Å². The van der Waals surface area contributed by atoms with E-state index in [1.807, 2.05) is 4.90 Å². The quantitative estimate of drug-likeness (QED) is 0.614. The molecule has 3 atom stereocenters. The van der Waals surface area contributed by atoms with Gasteiger partial charge in [0.1, 0.15) is 0 Å². The van der Waals surface area contributed by atoms with E-state index in [4.69, 9.17) is 4.74 Å². The van der Waals surface area contributed by atoms with Crippen molar-refractivity contribution in [2.45, 2.75) is 49.8 Å². The monoisotopic (exact) mass is 487 g/mol. The second-order valence-corrected chi connectivity index (χ2v) is 11.0. The van der Waals surface area contributed by atoms with E-state index in [-0.39, 0.29) is 35.6 Å². The van der Waals surface area contributed by atoms with Crippen molar-refractivity contribution < 1.29 is 17.9 Å². The third-order valence-electron chi connectivity index (χ3n) is 5.54. The number of morpholine rings is 1. The molecule has 0 bridgehead atoms. The number of hydrogen-bond acceptors (Lipinski definition) is 5. The Balaban J connectivity index is 1.62. The van der Waals surface area contributed by atoms with E-state index in [2.05, 4.69) is 34.7 Å².